The maximum absolute atomic E-state index is 12.2. The van der Waals surface area contributed by atoms with Crippen LogP contribution in [0.1, 0.15) is 53.6 Å². The lowest BCUT2D eigenvalue weighted by Gasteiger charge is -2.31. The highest BCUT2D eigenvalue weighted by molar-refractivity contribution is 8.20. The zero-order chi connectivity index (χ0) is 14.2. The third kappa shape index (κ3) is 2.29. The SMILES string of the molecule is CCCNC(=O)c1oc2c(c1C)C1(CCC2)SCCS1. The van der Waals surface area contributed by atoms with E-state index in [1.54, 1.807) is 0 Å². The molecule has 2 aliphatic rings. The van der Waals surface area contributed by atoms with Crippen molar-refractivity contribution in [3.8, 4) is 0 Å². The smallest absolute Gasteiger partial charge is 0.287 e. The summed E-state index contributed by atoms with van der Waals surface area (Å²) in [7, 11) is 0. The highest BCUT2D eigenvalue weighted by Crippen LogP contribution is 2.59. The molecule has 1 aliphatic carbocycles. The van der Waals surface area contributed by atoms with Gasteiger partial charge in [-0.3, -0.25) is 4.79 Å². The first-order chi connectivity index (χ1) is 9.68. The monoisotopic (exact) mass is 311 g/mol. The van der Waals surface area contributed by atoms with E-state index in [-0.39, 0.29) is 9.99 Å². The van der Waals surface area contributed by atoms with Crippen LogP contribution in [0.15, 0.2) is 4.42 Å². The molecule has 0 unspecified atom stereocenters. The average molecular weight is 311 g/mol. The minimum absolute atomic E-state index is 0.0538. The van der Waals surface area contributed by atoms with E-state index in [4.69, 9.17) is 4.42 Å². The van der Waals surface area contributed by atoms with Crippen LogP contribution in [0.3, 0.4) is 0 Å². The maximum Gasteiger partial charge on any atom is 0.287 e. The number of nitrogens with one attached hydrogen (secondary N) is 1. The summed E-state index contributed by atoms with van der Waals surface area (Å²) in [6, 6.07) is 0. The lowest BCUT2D eigenvalue weighted by atomic mass is 9.94. The number of furan rings is 1. The van der Waals surface area contributed by atoms with Gasteiger partial charge in [-0.25, -0.2) is 0 Å². The van der Waals surface area contributed by atoms with Crippen LogP contribution in [0, 0.1) is 6.92 Å². The molecule has 0 saturated carbocycles. The molecule has 110 valence electrons. The van der Waals surface area contributed by atoms with E-state index < -0.39 is 0 Å². The van der Waals surface area contributed by atoms with Crippen LogP contribution in [0.5, 0.6) is 0 Å². The topological polar surface area (TPSA) is 42.2 Å². The summed E-state index contributed by atoms with van der Waals surface area (Å²) in [4.78, 5) is 12.2. The summed E-state index contributed by atoms with van der Waals surface area (Å²) in [6.45, 7) is 4.81. The van der Waals surface area contributed by atoms with Crippen LogP contribution in [-0.4, -0.2) is 24.0 Å². The van der Waals surface area contributed by atoms with Gasteiger partial charge >= 0.3 is 0 Å². The van der Waals surface area contributed by atoms with Gasteiger partial charge in [-0.15, -0.1) is 23.5 Å². The van der Waals surface area contributed by atoms with Crippen LogP contribution in [0.25, 0.3) is 0 Å². The van der Waals surface area contributed by atoms with Crippen molar-refractivity contribution in [2.24, 2.45) is 0 Å². The number of amides is 1. The van der Waals surface area contributed by atoms with Crippen molar-refractivity contribution < 1.29 is 9.21 Å². The Bertz CT molecular complexity index is 518. The van der Waals surface area contributed by atoms with Crippen LogP contribution in [-0.2, 0) is 10.5 Å². The van der Waals surface area contributed by atoms with E-state index in [0.29, 0.717) is 12.3 Å². The van der Waals surface area contributed by atoms with Crippen molar-refractivity contribution in [1.29, 1.82) is 0 Å². The zero-order valence-corrected chi connectivity index (χ0v) is 13.7. The normalized spacial score (nSPS) is 20.1. The second kappa shape index (κ2) is 5.68. The van der Waals surface area contributed by atoms with Crippen molar-refractivity contribution >= 4 is 29.4 Å². The van der Waals surface area contributed by atoms with E-state index in [9.17, 15) is 4.79 Å². The molecule has 20 heavy (non-hydrogen) atoms. The van der Waals surface area contributed by atoms with Crippen molar-refractivity contribution in [2.45, 2.75) is 43.6 Å². The van der Waals surface area contributed by atoms with E-state index in [2.05, 4.69) is 19.2 Å². The highest BCUT2D eigenvalue weighted by Gasteiger charge is 2.45. The van der Waals surface area contributed by atoms with Crippen molar-refractivity contribution in [3.05, 3.63) is 22.6 Å². The van der Waals surface area contributed by atoms with Gasteiger partial charge in [-0.2, -0.15) is 0 Å². The number of carbonyl (C=O) groups excluding carboxylic acids is 1. The molecule has 3 nitrogen and oxygen atoms in total. The molecule has 5 heteroatoms. The number of hydrogen-bond donors (Lipinski definition) is 1. The molecule has 1 spiro atoms. The van der Waals surface area contributed by atoms with Gasteiger partial charge in [0.1, 0.15) is 5.76 Å². The van der Waals surface area contributed by atoms with Gasteiger partial charge in [0, 0.05) is 35.6 Å². The summed E-state index contributed by atoms with van der Waals surface area (Å²) in [5.74, 6) is 3.94. The fraction of sp³-hybridized carbons (Fsp3) is 0.667. The predicted molar refractivity (Wildman–Crippen MR) is 85.6 cm³/mol. The number of fused-ring (bicyclic) bond motifs is 2. The summed E-state index contributed by atoms with van der Waals surface area (Å²) in [5.41, 5.74) is 2.38. The fourth-order valence-electron chi connectivity index (χ4n) is 3.13. The van der Waals surface area contributed by atoms with Crippen molar-refractivity contribution in [1.82, 2.24) is 5.32 Å². The Hall–Kier alpha value is -0.550. The van der Waals surface area contributed by atoms with Crippen LogP contribution < -0.4 is 5.32 Å². The second-order valence-electron chi connectivity index (χ2n) is 5.41. The molecule has 1 aliphatic heterocycles. The third-order valence-electron chi connectivity index (χ3n) is 4.01. The average Bonchev–Trinajstić information content (AvgIpc) is 3.03. The molecular formula is C15H21NO2S2. The first-order valence-corrected chi connectivity index (χ1v) is 9.34. The standard InChI is InChI=1S/C15H21NO2S2/c1-3-7-16-14(17)13-10(2)12-11(18-13)5-4-6-15(12)19-8-9-20-15/h3-9H2,1-2H3,(H,16,17). The summed E-state index contributed by atoms with van der Waals surface area (Å²) < 4.78 is 6.10. The highest BCUT2D eigenvalue weighted by atomic mass is 32.2. The minimum Gasteiger partial charge on any atom is -0.455 e. The molecule has 1 amide bonds. The second-order valence-corrected chi connectivity index (χ2v) is 8.46. The third-order valence-corrected chi connectivity index (χ3v) is 7.54. The summed E-state index contributed by atoms with van der Waals surface area (Å²) in [6.07, 6.45) is 4.28. The lowest BCUT2D eigenvalue weighted by Crippen LogP contribution is -2.25. The number of rotatable bonds is 3. The Kier molecular flexibility index (Phi) is 4.09. The van der Waals surface area contributed by atoms with Gasteiger partial charge in [-0.1, -0.05) is 6.92 Å². The van der Waals surface area contributed by atoms with Crippen LogP contribution in [0.4, 0.5) is 0 Å². The van der Waals surface area contributed by atoms with Gasteiger partial charge < -0.3 is 9.73 Å². The van der Waals surface area contributed by atoms with Crippen LogP contribution in [0.2, 0.25) is 0 Å². The molecule has 1 N–H and O–H groups in total. The predicted octanol–water partition coefficient (Wildman–Crippen LogP) is 3.70. The van der Waals surface area contributed by atoms with Gasteiger partial charge in [-0.05, 0) is 26.2 Å². The molecule has 1 saturated heterocycles. The fourth-order valence-corrected chi connectivity index (χ4v) is 6.69. The largest absolute Gasteiger partial charge is 0.455 e. The quantitative estimate of drug-likeness (QED) is 0.924. The number of thioether (sulfide) groups is 2. The lowest BCUT2D eigenvalue weighted by molar-refractivity contribution is 0.0923. The van der Waals surface area contributed by atoms with Gasteiger partial charge in [0.15, 0.2) is 5.76 Å². The molecule has 3 rings (SSSR count). The Labute approximate surface area is 128 Å². The van der Waals surface area contributed by atoms with E-state index in [0.717, 1.165) is 30.6 Å². The number of carbonyl (C=O) groups is 1. The first-order valence-electron chi connectivity index (χ1n) is 7.37. The first kappa shape index (κ1) is 14.4. The van der Waals surface area contributed by atoms with Gasteiger partial charge in [0.05, 0.1) is 4.08 Å². The van der Waals surface area contributed by atoms with Crippen molar-refractivity contribution in [3.63, 3.8) is 0 Å². The molecule has 0 bridgehead atoms. The molecule has 0 atom stereocenters. The molecule has 1 fully saturated rings. The van der Waals surface area contributed by atoms with E-state index in [1.165, 1.54) is 23.5 Å². The molecule has 0 aromatic carbocycles. The minimum atomic E-state index is -0.0538. The summed E-state index contributed by atoms with van der Waals surface area (Å²) in [5, 5.41) is 2.93. The Balaban J connectivity index is 1.96. The number of hydrogen-bond acceptors (Lipinski definition) is 4. The molecule has 1 aromatic heterocycles. The zero-order valence-electron chi connectivity index (χ0n) is 12.1. The molecule has 0 radical (unpaired) electrons. The van der Waals surface area contributed by atoms with Crippen molar-refractivity contribution in [2.75, 3.05) is 18.1 Å². The maximum atomic E-state index is 12.2. The Morgan fingerprint density at radius 2 is 2.15 bits per heavy atom. The number of aryl methyl sites for hydroxylation is 1. The van der Waals surface area contributed by atoms with Gasteiger partial charge in [0.2, 0.25) is 0 Å². The Morgan fingerprint density at radius 1 is 1.40 bits per heavy atom. The molecule has 1 aromatic rings. The van der Waals surface area contributed by atoms with E-state index in [1.807, 2.05) is 23.5 Å². The summed E-state index contributed by atoms with van der Waals surface area (Å²) >= 11 is 4.07. The van der Waals surface area contributed by atoms with Gasteiger partial charge in [0.25, 0.3) is 5.91 Å². The molecule has 2 heterocycles. The van der Waals surface area contributed by atoms with Crippen LogP contribution >= 0.6 is 23.5 Å². The van der Waals surface area contributed by atoms with E-state index >= 15 is 0 Å². The Morgan fingerprint density at radius 3 is 2.85 bits per heavy atom. The molecular weight excluding hydrogens is 290 g/mol.